The van der Waals surface area contributed by atoms with E-state index >= 15 is 0 Å². The van der Waals surface area contributed by atoms with Crippen LogP contribution in [0.25, 0.3) is 0 Å². The summed E-state index contributed by atoms with van der Waals surface area (Å²) in [5.41, 5.74) is 1.20. The second kappa shape index (κ2) is 5.18. The molecule has 0 spiro atoms. The predicted octanol–water partition coefficient (Wildman–Crippen LogP) is 2.58. The lowest BCUT2D eigenvalue weighted by Crippen LogP contribution is -2.09. The van der Waals surface area contributed by atoms with Crippen LogP contribution >= 0.6 is 11.6 Å². The number of alkyl halides is 1. The summed E-state index contributed by atoms with van der Waals surface area (Å²) in [4.78, 5) is 0. The molecule has 2 heteroatoms. The zero-order valence-corrected chi connectivity index (χ0v) is 8.01. The highest BCUT2D eigenvalue weighted by Gasteiger charge is 2.04. The minimum Gasteiger partial charge on any atom is -0.320 e. The minimum atomic E-state index is 0.138. The maximum Gasteiger partial charge on any atom is 0.0597 e. The fourth-order valence-electron chi connectivity index (χ4n) is 1.10. The van der Waals surface area contributed by atoms with Crippen LogP contribution in [-0.4, -0.2) is 13.6 Å². The monoisotopic (exact) mass is 183 g/mol. The zero-order valence-electron chi connectivity index (χ0n) is 7.26. The van der Waals surface area contributed by atoms with E-state index in [1.54, 1.807) is 0 Å². The summed E-state index contributed by atoms with van der Waals surface area (Å²) < 4.78 is 0. The molecule has 0 aliphatic carbocycles. The second-order valence-electron chi connectivity index (χ2n) is 2.77. The Morgan fingerprint density at radius 3 is 2.58 bits per heavy atom. The van der Waals surface area contributed by atoms with Crippen molar-refractivity contribution in [2.75, 3.05) is 13.6 Å². The van der Waals surface area contributed by atoms with E-state index in [9.17, 15) is 0 Å². The highest BCUT2D eigenvalue weighted by molar-refractivity contribution is 6.20. The van der Waals surface area contributed by atoms with Gasteiger partial charge in [-0.15, -0.1) is 11.6 Å². The molecule has 1 N–H and O–H groups in total. The first-order chi connectivity index (χ1) is 5.84. The second-order valence-corrected chi connectivity index (χ2v) is 3.30. The van der Waals surface area contributed by atoms with Crippen LogP contribution < -0.4 is 5.32 Å². The van der Waals surface area contributed by atoms with Gasteiger partial charge in [0.05, 0.1) is 5.38 Å². The number of nitrogens with one attached hydrogen (secondary N) is 1. The van der Waals surface area contributed by atoms with Gasteiger partial charge in [-0.3, -0.25) is 0 Å². The quantitative estimate of drug-likeness (QED) is 0.708. The average molecular weight is 184 g/mol. The van der Waals surface area contributed by atoms with Gasteiger partial charge < -0.3 is 5.32 Å². The lowest BCUT2D eigenvalue weighted by atomic mass is 10.1. The molecule has 0 aliphatic rings. The number of hydrogen-bond acceptors (Lipinski definition) is 1. The molecule has 0 amide bonds. The maximum atomic E-state index is 6.14. The first kappa shape index (κ1) is 9.56. The molecular weight excluding hydrogens is 170 g/mol. The lowest BCUT2D eigenvalue weighted by molar-refractivity contribution is 0.710. The van der Waals surface area contributed by atoms with Gasteiger partial charge in [0.15, 0.2) is 0 Å². The van der Waals surface area contributed by atoms with Gasteiger partial charge in [-0.05, 0) is 25.6 Å². The average Bonchev–Trinajstić information content (AvgIpc) is 2.15. The molecule has 0 heterocycles. The molecule has 66 valence electrons. The van der Waals surface area contributed by atoms with Gasteiger partial charge in [-0.2, -0.15) is 0 Å². The zero-order chi connectivity index (χ0) is 8.81. The SMILES string of the molecule is CNCC[C@@H](Cl)c1ccccc1. The van der Waals surface area contributed by atoms with Crippen molar-refractivity contribution >= 4 is 11.6 Å². The van der Waals surface area contributed by atoms with Gasteiger partial charge in [0.25, 0.3) is 0 Å². The third kappa shape index (κ3) is 2.84. The van der Waals surface area contributed by atoms with Crippen molar-refractivity contribution in [1.29, 1.82) is 0 Å². The number of benzene rings is 1. The van der Waals surface area contributed by atoms with E-state index in [2.05, 4.69) is 17.4 Å². The Labute approximate surface area is 78.7 Å². The largest absolute Gasteiger partial charge is 0.320 e. The number of rotatable bonds is 4. The normalized spacial score (nSPS) is 12.8. The molecule has 1 atom stereocenters. The molecule has 0 unspecified atom stereocenters. The molecule has 0 aliphatic heterocycles. The summed E-state index contributed by atoms with van der Waals surface area (Å²) >= 11 is 6.14. The van der Waals surface area contributed by atoms with Crippen LogP contribution in [0.5, 0.6) is 0 Å². The molecule has 0 radical (unpaired) electrons. The van der Waals surface area contributed by atoms with E-state index in [0.29, 0.717) is 0 Å². The summed E-state index contributed by atoms with van der Waals surface area (Å²) in [5, 5.41) is 3.22. The summed E-state index contributed by atoms with van der Waals surface area (Å²) in [7, 11) is 1.94. The van der Waals surface area contributed by atoms with Crippen molar-refractivity contribution in [2.45, 2.75) is 11.8 Å². The molecule has 0 aromatic heterocycles. The van der Waals surface area contributed by atoms with E-state index in [1.165, 1.54) is 5.56 Å². The van der Waals surface area contributed by atoms with Gasteiger partial charge in [0.1, 0.15) is 0 Å². The molecule has 1 nitrogen and oxygen atoms in total. The summed E-state index contributed by atoms with van der Waals surface area (Å²) in [6.45, 7) is 0.961. The number of halogens is 1. The first-order valence-corrected chi connectivity index (χ1v) is 4.62. The highest BCUT2D eigenvalue weighted by atomic mass is 35.5. The molecule has 0 saturated heterocycles. The molecule has 0 bridgehead atoms. The van der Waals surface area contributed by atoms with Crippen molar-refractivity contribution in [2.24, 2.45) is 0 Å². The van der Waals surface area contributed by atoms with Crippen molar-refractivity contribution in [1.82, 2.24) is 5.32 Å². The minimum absolute atomic E-state index is 0.138. The van der Waals surface area contributed by atoms with E-state index < -0.39 is 0 Å². The van der Waals surface area contributed by atoms with Crippen LogP contribution in [0.1, 0.15) is 17.4 Å². The van der Waals surface area contributed by atoms with Crippen LogP contribution in [0.4, 0.5) is 0 Å². The van der Waals surface area contributed by atoms with Crippen LogP contribution in [0.15, 0.2) is 30.3 Å². The van der Waals surface area contributed by atoms with E-state index in [4.69, 9.17) is 11.6 Å². The molecule has 1 rings (SSSR count). The topological polar surface area (TPSA) is 12.0 Å². The first-order valence-electron chi connectivity index (χ1n) is 4.18. The molecule has 1 aromatic carbocycles. The molecule has 0 fully saturated rings. The third-order valence-electron chi connectivity index (χ3n) is 1.81. The van der Waals surface area contributed by atoms with E-state index in [-0.39, 0.29) is 5.38 Å². The van der Waals surface area contributed by atoms with Crippen LogP contribution in [0, 0.1) is 0 Å². The molecule has 12 heavy (non-hydrogen) atoms. The predicted molar refractivity (Wildman–Crippen MR) is 53.6 cm³/mol. The van der Waals surface area contributed by atoms with Crippen molar-refractivity contribution < 1.29 is 0 Å². The lowest BCUT2D eigenvalue weighted by Gasteiger charge is -2.08. The Hall–Kier alpha value is -0.530. The van der Waals surface area contributed by atoms with E-state index in [1.807, 2.05) is 25.2 Å². The van der Waals surface area contributed by atoms with Gasteiger partial charge >= 0.3 is 0 Å². The van der Waals surface area contributed by atoms with Gasteiger partial charge in [0.2, 0.25) is 0 Å². The summed E-state index contributed by atoms with van der Waals surface area (Å²) in [6, 6.07) is 10.2. The highest BCUT2D eigenvalue weighted by Crippen LogP contribution is 2.22. The van der Waals surface area contributed by atoms with E-state index in [0.717, 1.165) is 13.0 Å². The summed E-state index contributed by atoms with van der Waals surface area (Å²) in [5.74, 6) is 0. The van der Waals surface area contributed by atoms with Crippen molar-refractivity contribution in [3.8, 4) is 0 Å². The van der Waals surface area contributed by atoms with Gasteiger partial charge in [0, 0.05) is 0 Å². The fraction of sp³-hybridized carbons (Fsp3) is 0.400. The molecule has 1 aromatic rings. The third-order valence-corrected chi connectivity index (χ3v) is 2.28. The van der Waals surface area contributed by atoms with Gasteiger partial charge in [-0.25, -0.2) is 0 Å². The molecular formula is C10H14ClN. The fourth-order valence-corrected chi connectivity index (χ4v) is 1.35. The van der Waals surface area contributed by atoms with Crippen molar-refractivity contribution in [3.05, 3.63) is 35.9 Å². The van der Waals surface area contributed by atoms with Gasteiger partial charge in [-0.1, -0.05) is 30.3 Å². The smallest absolute Gasteiger partial charge is 0.0597 e. The standard InChI is InChI=1S/C10H14ClN/c1-12-8-7-10(11)9-5-3-2-4-6-9/h2-6,10,12H,7-8H2,1H3/t10-/m1/s1. The van der Waals surface area contributed by atoms with Crippen molar-refractivity contribution in [3.63, 3.8) is 0 Å². The van der Waals surface area contributed by atoms with Crippen LogP contribution in [0.2, 0.25) is 0 Å². The van der Waals surface area contributed by atoms with Crippen LogP contribution in [-0.2, 0) is 0 Å². The van der Waals surface area contributed by atoms with Crippen LogP contribution in [0.3, 0.4) is 0 Å². The Balaban J connectivity index is 2.48. The number of hydrogen-bond donors (Lipinski definition) is 1. The summed E-state index contributed by atoms with van der Waals surface area (Å²) in [6.07, 6.45) is 0.974. The Morgan fingerprint density at radius 1 is 1.33 bits per heavy atom. The maximum absolute atomic E-state index is 6.14. The Kier molecular flexibility index (Phi) is 4.12. The Bertz CT molecular complexity index is 210. The Morgan fingerprint density at radius 2 is 2.00 bits per heavy atom. The molecule has 0 saturated carbocycles.